The molecule has 18 heavy (non-hydrogen) atoms. The predicted octanol–water partition coefficient (Wildman–Crippen LogP) is 2.26. The van der Waals surface area contributed by atoms with Gasteiger partial charge in [0, 0.05) is 0 Å². The lowest BCUT2D eigenvalue weighted by atomic mass is 10.0. The van der Waals surface area contributed by atoms with Crippen LogP contribution in [0.1, 0.15) is 10.4 Å². The number of phenolic OH excluding ortho intramolecular Hbond substituents is 1. The molecule has 0 heterocycles. The first kappa shape index (κ1) is 12.0. The molecule has 0 aromatic heterocycles. The van der Waals surface area contributed by atoms with Gasteiger partial charge in [0.1, 0.15) is 5.75 Å². The van der Waals surface area contributed by atoms with Crippen molar-refractivity contribution in [1.82, 2.24) is 0 Å². The quantitative estimate of drug-likeness (QED) is 0.871. The van der Waals surface area contributed by atoms with E-state index in [9.17, 15) is 9.90 Å². The molecule has 0 bridgehead atoms. The Morgan fingerprint density at radius 2 is 1.89 bits per heavy atom. The number of aromatic hydroxyl groups is 1. The summed E-state index contributed by atoms with van der Waals surface area (Å²) in [5.41, 5.74) is 0.118. The van der Waals surface area contributed by atoms with Gasteiger partial charge in [-0.15, -0.1) is 0 Å². The zero-order valence-corrected chi connectivity index (χ0v) is 9.93. The van der Waals surface area contributed by atoms with Crippen molar-refractivity contribution < 1.29 is 24.5 Å². The number of phenols is 1. The Kier molecular flexibility index (Phi) is 2.97. The summed E-state index contributed by atoms with van der Waals surface area (Å²) >= 11 is 0. The lowest BCUT2D eigenvalue weighted by Gasteiger charge is -2.12. The fourth-order valence-corrected chi connectivity index (χ4v) is 1.88. The molecule has 0 saturated heterocycles. The highest BCUT2D eigenvalue weighted by Gasteiger charge is 2.15. The van der Waals surface area contributed by atoms with E-state index < -0.39 is 5.97 Å². The molecular formula is C13H12O5. The standard InChI is InChI=1S/C13H12O5/c1-17-10-6-8(13(15)16)5-7-3-4-9(14)12(18-2)11(7)10/h3-6,14H,1-2H3,(H,15,16). The molecule has 2 N–H and O–H groups in total. The van der Waals surface area contributed by atoms with Crippen molar-refractivity contribution in [3.05, 3.63) is 29.8 Å². The van der Waals surface area contributed by atoms with Crippen LogP contribution in [-0.4, -0.2) is 30.4 Å². The lowest BCUT2D eigenvalue weighted by molar-refractivity contribution is 0.0696. The van der Waals surface area contributed by atoms with E-state index in [-0.39, 0.29) is 17.1 Å². The maximum Gasteiger partial charge on any atom is 0.335 e. The SMILES string of the molecule is COc1cc(C(=O)O)cc2ccc(O)c(OC)c12. The third-order valence-electron chi connectivity index (χ3n) is 2.68. The summed E-state index contributed by atoms with van der Waals surface area (Å²) in [6.07, 6.45) is 0. The van der Waals surface area contributed by atoms with Crippen LogP contribution in [-0.2, 0) is 0 Å². The first-order valence-corrected chi connectivity index (χ1v) is 5.19. The van der Waals surface area contributed by atoms with Gasteiger partial charge in [0.15, 0.2) is 11.5 Å². The number of carbonyl (C=O) groups is 1. The summed E-state index contributed by atoms with van der Waals surface area (Å²) < 4.78 is 10.3. The van der Waals surface area contributed by atoms with Crippen LogP contribution in [0.3, 0.4) is 0 Å². The zero-order valence-electron chi connectivity index (χ0n) is 9.93. The Balaban J connectivity index is 2.87. The second kappa shape index (κ2) is 4.44. The first-order chi connectivity index (χ1) is 8.58. The third-order valence-corrected chi connectivity index (χ3v) is 2.68. The van der Waals surface area contributed by atoms with Gasteiger partial charge in [0.25, 0.3) is 0 Å². The van der Waals surface area contributed by atoms with Crippen LogP contribution in [0.2, 0.25) is 0 Å². The fourth-order valence-electron chi connectivity index (χ4n) is 1.88. The Hall–Kier alpha value is -2.43. The van der Waals surface area contributed by atoms with Crippen molar-refractivity contribution in [2.45, 2.75) is 0 Å². The maximum absolute atomic E-state index is 11.0. The summed E-state index contributed by atoms with van der Waals surface area (Å²) in [5, 5.41) is 19.9. The Bertz CT molecular complexity index is 618. The molecule has 2 rings (SSSR count). The van der Waals surface area contributed by atoms with E-state index in [0.717, 1.165) is 0 Å². The van der Waals surface area contributed by atoms with E-state index in [1.807, 2.05) is 0 Å². The van der Waals surface area contributed by atoms with E-state index in [2.05, 4.69) is 0 Å². The van der Waals surface area contributed by atoms with Crippen LogP contribution in [0, 0.1) is 0 Å². The van der Waals surface area contributed by atoms with Gasteiger partial charge >= 0.3 is 5.97 Å². The minimum absolute atomic E-state index is 0.0219. The van der Waals surface area contributed by atoms with E-state index in [1.165, 1.54) is 32.4 Å². The number of fused-ring (bicyclic) bond motifs is 1. The predicted molar refractivity (Wildman–Crippen MR) is 65.7 cm³/mol. The Morgan fingerprint density at radius 3 is 2.44 bits per heavy atom. The molecule has 0 radical (unpaired) electrons. The number of carboxylic acids is 1. The van der Waals surface area contributed by atoms with Crippen molar-refractivity contribution in [2.24, 2.45) is 0 Å². The second-order valence-corrected chi connectivity index (χ2v) is 3.70. The summed E-state index contributed by atoms with van der Waals surface area (Å²) in [4.78, 5) is 11.0. The van der Waals surface area contributed by atoms with Crippen molar-refractivity contribution >= 4 is 16.7 Å². The molecule has 0 saturated carbocycles. The number of hydrogen-bond acceptors (Lipinski definition) is 4. The molecule has 5 heteroatoms. The smallest absolute Gasteiger partial charge is 0.335 e. The highest BCUT2D eigenvalue weighted by Crippen LogP contribution is 2.40. The average Bonchev–Trinajstić information content (AvgIpc) is 2.37. The molecule has 0 fully saturated rings. The van der Waals surface area contributed by atoms with Crippen LogP contribution in [0.15, 0.2) is 24.3 Å². The van der Waals surface area contributed by atoms with Gasteiger partial charge in [-0.3, -0.25) is 0 Å². The lowest BCUT2D eigenvalue weighted by Crippen LogP contribution is -1.98. The largest absolute Gasteiger partial charge is 0.504 e. The topological polar surface area (TPSA) is 76.0 Å². The van der Waals surface area contributed by atoms with Crippen LogP contribution in [0.4, 0.5) is 0 Å². The normalized spacial score (nSPS) is 10.3. The first-order valence-electron chi connectivity index (χ1n) is 5.19. The molecule has 2 aromatic rings. The summed E-state index contributed by atoms with van der Waals surface area (Å²) in [6, 6.07) is 5.96. The summed E-state index contributed by atoms with van der Waals surface area (Å²) in [5.74, 6) is -0.451. The average molecular weight is 248 g/mol. The number of hydrogen-bond donors (Lipinski definition) is 2. The molecule has 94 valence electrons. The second-order valence-electron chi connectivity index (χ2n) is 3.70. The van der Waals surface area contributed by atoms with Crippen LogP contribution in [0.5, 0.6) is 17.2 Å². The van der Waals surface area contributed by atoms with Crippen molar-refractivity contribution in [3.63, 3.8) is 0 Å². The molecule has 2 aromatic carbocycles. The van der Waals surface area contributed by atoms with Gasteiger partial charge in [-0.25, -0.2) is 4.79 Å². The maximum atomic E-state index is 11.0. The highest BCUT2D eigenvalue weighted by atomic mass is 16.5. The monoisotopic (exact) mass is 248 g/mol. The van der Waals surface area contributed by atoms with Gasteiger partial charge in [0.05, 0.1) is 25.2 Å². The molecule has 0 aliphatic rings. The van der Waals surface area contributed by atoms with E-state index in [4.69, 9.17) is 14.6 Å². The molecule has 0 unspecified atom stereocenters. The van der Waals surface area contributed by atoms with Gasteiger partial charge in [0.2, 0.25) is 0 Å². The zero-order chi connectivity index (χ0) is 13.3. The Morgan fingerprint density at radius 1 is 1.17 bits per heavy atom. The van der Waals surface area contributed by atoms with E-state index in [0.29, 0.717) is 16.5 Å². The molecule has 0 spiro atoms. The third kappa shape index (κ3) is 1.79. The van der Waals surface area contributed by atoms with Gasteiger partial charge in [-0.2, -0.15) is 0 Å². The number of carboxylic acid groups (broad SMARTS) is 1. The number of methoxy groups -OCH3 is 2. The molecular weight excluding hydrogens is 236 g/mol. The fraction of sp³-hybridized carbons (Fsp3) is 0.154. The van der Waals surface area contributed by atoms with E-state index in [1.54, 1.807) is 6.07 Å². The van der Waals surface area contributed by atoms with Gasteiger partial charge in [-0.05, 0) is 23.6 Å². The number of benzene rings is 2. The highest BCUT2D eigenvalue weighted by molar-refractivity contribution is 6.01. The number of rotatable bonds is 3. The molecule has 0 amide bonds. The molecule has 0 atom stereocenters. The minimum atomic E-state index is -1.04. The molecule has 0 aliphatic carbocycles. The van der Waals surface area contributed by atoms with Crippen LogP contribution >= 0.6 is 0 Å². The van der Waals surface area contributed by atoms with Crippen molar-refractivity contribution in [2.75, 3.05) is 14.2 Å². The van der Waals surface area contributed by atoms with Crippen LogP contribution < -0.4 is 9.47 Å². The van der Waals surface area contributed by atoms with Crippen LogP contribution in [0.25, 0.3) is 10.8 Å². The van der Waals surface area contributed by atoms with Gasteiger partial charge < -0.3 is 19.7 Å². The minimum Gasteiger partial charge on any atom is -0.504 e. The van der Waals surface area contributed by atoms with E-state index >= 15 is 0 Å². The molecule has 0 aliphatic heterocycles. The summed E-state index contributed by atoms with van der Waals surface area (Å²) in [7, 11) is 2.86. The molecule has 5 nitrogen and oxygen atoms in total. The number of aromatic carboxylic acids is 1. The Labute approximate surface area is 103 Å². The van der Waals surface area contributed by atoms with Crippen molar-refractivity contribution in [3.8, 4) is 17.2 Å². The van der Waals surface area contributed by atoms with Crippen molar-refractivity contribution in [1.29, 1.82) is 0 Å². The number of ether oxygens (including phenoxy) is 2. The van der Waals surface area contributed by atoms with Gasteiger partial charge in [-0.1, -0.05) is 6.07 Å². The summed E-state index contributed by atoms with van der Waals surface area (Å²) in [6.45, 7) is 0.